The second-order valence-corrected chi connectivity index (χ2v) is 5.76. The average molecular weight is 238 g/mol. The highest BCUT2D eigenvalue weighted by molar-refractivity contribution is 5.88. The monoisotopic (exact) mass is 238 g/mol. The topological polar surface area (TPSA) is 41.6 Å². The van der Waals surface area contributed by atoms with Gasteiger partial charge in [0.05, 0.1) is 18.8 Å². The summed E-state index contributed by atoms with van der Waals surface area (Å²) in [7, 11) is 0. The summed E-state index contributed by atoms with van der Waals surface area (Å²) in [4.78, 5) is 14.6. The molecule has 2 atom stereocenters. The summed E-state index contributed by atoms with van der Waals surface area (Å²) < 4.78 is 5.43. The Hall–Kier alpha value is -0.610. The zero-order valence-corrected chi connectivity index (χ0v) is 10.6. The van der Waals surface area contributed by atoms with Crippen molar-refractivity contribution in [1.82, 2.24) is 10.2 Å². The van der Waals surface area contributed by atoms with E-state index in [-0.39, 0.29) is 5.54 Å². The molecule has 2 aliphatic heterocycles. The number of carbonyl (C=O) groups is 1. The van der Waals surface area contributed by atoms with Crippen LogP contribution in [0.4, 0.5) is 0 Å². The molecule has 1 spiro atoms. The Kier molecular flexibility index (Phi) is 2.87. The fraction of sp³-hybridized carbons (Fsp3) is 0.923. The standard InChI is InChI=1S/C13H22N2O2/c1-10(11-4-7-17-8-11)15-9-14-13(12(15)16)5-2-3-6-13/h10-11,14H,2-9H2,1H3. The summed E-state index contributed by atoms with van der Waals surface area (Å²) in [6, 6.07) is 0.317. The number of nitrogens with one attached hydrogen (secondary N) is 1. The Balaban J connectivity index is 1.70. The largest absolute Gasteiger partial charge is 0.381 e. The van der Waals surface area contributed by atoms with Crippen molar-refractivity contribution in [2.75, 3.05) is 19.9 Å². The number of hydrogen-bond acceptors (Lipinski definition) is 3. The van der Waals surface area contributed by atoms with Crippen molar-refractivity contribution >= 4 is 5.91 Å². The van der Waals surface area contributed by atoms with E-state index in [0.29, 0.717) is 17.9 Å². The molecule has 3 aliphatic rings. The zero-order valence-electron chi connectivity index (χ0n) is 10.6. The number of nitrogens with zero attached hydrogens (tertiary/aromatic N) is 1. The van der Waals surface area contributed by atoms with Crippen LogP contribution in [0.3, 0.4) is 0 Å². The number of amides is 1. The van der Waals surface area contributed by atoms with Crippen molar-refractivity contribution in [3.05, 3.63) is 0 Å². The predicted molar refractivity (Wildman–Crippen MR) is 64.4 cm³/mol. The molecule has 1 aliphatic carbocycles. The van der Waals surface area contributed by atoms with Gasteiger partial charge in [0.25, 0.3) is 0 Å². The van der Waals surface area contributed by atoms with Crippen LogP contribution in [-0.2, 0) is 9.53 Å². The van der Waals surface area contributed by atoms with Crippen LogP contribution < -0.4 is 5.32 Å². The second kappa shape index (κ2) is 4.25. The fourth-order valence-corrected chi connectivity index (χ4v) is 3.54. The normalized spacial score (nSPS) is 33.8. The quantitative estimate of drug-likeness (QED) is 0.783. The van der Waals surface area contributed by atoms with Crippen molar-refractivity contribution in [3.8, 4) is 0 Å². The van der Waals surface area contributed by atoms with Gasteiger partial charge in [0, 0.05) is 18.6 Å². The molecule has 0 aromatic carbocycles. The molecular weight excluding hydrogens is 216 g/mol. The highest BCUT2D eigenvalue weighted by Gasteiger charge is 2.49. The molecule has 3 fully saturated rings. The third-order valence-electron chi connectivity index (χ3n) is 4.85. The SMILES string of the molecule is CC(C1CCOC1)N1CNC2(CCCC2)C1=O. The highest BCUT2D eigenvalue weighted by Crippen LogP contribution is 2.36. The Bertz CT molecular complexity index is 307. The van der Waals surface area contributed by atoms with Crippen LogP contribution in [0.1, 0.15) is 39.0 Å². The van der Waals surface area contributed by atoms with Crippen molar-refractivity contribution in [2.24, 2.45) is 5.92 Å². The van der Waals surface area contributed by atoms with Gasteiger partial charge in [-0.1, -0.05) is 12.8 Å². The molecule has 2 heterocycles. The number of hydrogen-bond donors (Lipinski definition) is 1. The summed E-state index contributed by atoms with van der Waals surface area (Å²) in [6.07, 6.45) is 5.52. The summed E-state index contributed by atoms with van der Waals surface area (Å²) in [5.74, 6) is 0.867. The van der Waals surface area contributed by atoms with Crippen molar-refractivity contribution < 1.29 is 9.53 Å². The zero-order chi connectivity index (χ0) is 11.9. The molecule has 0 bridgehead atoms. The van der Waals surface area contributed by atoms with Gasteiger partial charge < -0.3 is 9.64 Å². The number of ether oxygens (including phenoxy) is 1. The predicted octanol–water partition coefficient (Wildman–Crippen LogP) is 1.11. The first-order valence-corrected chi connectivity index (χ1v) is 6.87. The van der Waals surface area contributed by atoms with Gasteiger partial charge in [-0.25, -0.2) is 0 Å². The Morgan fingerprint density at radius 2 is 2.24 bits per heavy atom. The maximum Gasteiger partial charge on any atom is 0.244 e. The molecule has 0 aromatic rings. The van der Waals surface area contributed by atoms with Crippen molar-refractivity contribution in [2.45, 2.75) is 50.6 Å². The van der Waals surface area contributed by atoms with Gasteiger partial charge in [0.2, 0.25) is 5.91 Å². The fourth-order valence-electron chi connectivity index (χ4n) is 3.54. The Labute approximate surface area is 103 Å². The van der Waals surface area contributed by atoms with Crippen LogP contribution in [0, 0.1) is 5.92 Å². The molecule has 3 rings (SSSR count). The van der Waals surface area contributed by atoms with Gasteiger partial charge in [-0.3, -0.25) is 10.1 Å². The lowest BCUT2D eigenvalue weighted by Gasteiger charge is -2.29. The van der Waals surface area contributed by atoms with Crippen LogP contribution in [0.15, 0.2) is 0 Å². The molecule has 17 heavy (non-hydrogen) atoms. The van der Waals surface area contributed by atoms with E-state index in [0.717, 1.165) is 39.1 Å². The van der Waals surface area contributed by atoms with Crippen molar-refractivity contribution in [3.63, 3.8) is 0 Å². The van der Waals surface area contributed by atoms with E-state index in [1.54, 1.807) is 0 Å². The molecule has 0 aromatic heterocycles. The van der Waals surface area contributed by atoms with E-state index in [1.165, 1.54) is 12.8 Å². The van der Waals surface area contributed by atoms with Crippen LogP contribution in [0.5, 0.6) is 0 Å². The molecule has 1 amide bonds. The highest BCUT2D eigenvalue weighted by atomic mass is 16.5. The van der Waals surface area contributed by atoms with Crippen molar-refractivity contribution in [1.29, 1.82) is 0 Å². The van der Waals surface area contributed by atoms with E-state index in [4.69, 9.17) is 4.74 Å². The molecule has 2 saturated heterocycles. The maximum atomic E-state index is 12.6. The number of rotatable bonds is 2. The molecule has 2 unspecified atom stereocenters. The molecular formula is C13H22N2O2. The Morgan fingerprint density at radius 1 is 1.47 bits per heavy atom. The van der Waals surface area contributed by atoms with E-state index in [1.807, 2.05) is 4.90 Å². The maximum absolute atomic E-state index is 12.6. The summed E-state index contributed by atoms with van der Waals surface area (Å²) in [5, 5.41) is 3.47. The molecule has 1 saturated carbocycles. The van der Waals surface area contributed by atoms with Gasteiger partial charge in [-0.05, 0) is 26.2 Å². The Morgan fingerprint density at radius 3 is 2.88 bits per heavy atom. The van der Waals surface area contributed by atoms with Gasteiger partial charge >= 0.3 is 0 Å². The first-order valence-electron chi connectivity index (χ1n) is 6.87. The van der Waals surface area contributed by atoms with E-state index in [2.05, 4.69) is 12.2 Å². The lowest BCUT2D eigenvalue weighted by Crippen LogP contribution is -2.46. The number of carbonyl (C=O) groups excluding carboxylic acids is 1. The second-order valence-electron chi connectivity index (χ2n) is 5.76. The first kappa shape index (κ1) is 11.5. The molecule has 0 radical (unpaired) electrons. The minimum atomic E-state index is -0.201. The smallest absolute Gasteiger partial charge is 0.244 e. The van der Waals surface area contributed by atoms with Crippen LogP contribution >= 0.6 is 0 Å². The van der Waals surface area contributed by atoms with Crippen LogP contribution in [-0.4, -0.2) is 42.3 Å². The molecule has 96 valence electrons. The third-order valence-corrected chi connectivity index (χ3v) is 4.85. The van der Waals surface area contributed by atoms with E-state index in [9.17, 15) is 4.79 Å². The molecule has 4 heteroatoms. The van der Waals surface area contributed by atoms with E-state index >= 15 is 0 Å². The van der Waals surface area contributed by atoms with Gasteiger partial charge in [0.15, 0.2) is 0 Å². The van der Waals surface area contributed by atoms with Gasteiger partial charge in [0.1, 0.15) is 0 Å². The summed E-state index contributed by atoms with van der Waals surface area (Å²) in [6.45, 7) is 4.58. The molecule has 1 N–H and O–H groups in total. The minimum absolute atomic E-state index is 0.201. The van der Waals surface area contributed by atoms with Crippen LogP contribution in [0.2, 0.25) is 0 Å². The van der Waals surface area contributed by atoms with E-state index < -0.39 is 0 Å². The average Bonchev–Trinajstić information content (AvgIpc) is 3.05. The summed E-state index contributed by atoms with van der Waals surface area (Å²) in [5.41, 5.74) is -0.201. The van der Waals surface area contributed by atoms with Gasteiger partial charge in [-0.15, -0.1) is 0 Å². The molecule has 4 nitrogen and oxygen atoms in total. The van der Waals surface area contributed by atoms with Gasteiger partial charge in [-0.2, -0.15) is 0 Å². The minimum Gasteiger partial charge on any atom is -0.381 e. The van der Waals surface area contributed by atoms with Crippen LogP contribution in [0.25, 0.3) is 0 Å². The third kappa shape index (κ3) is 1.78. The lowest BCUT2D eigenvalue weighted by atomic mass is 9.95. The lowest BCUT2D eigenvalue weighted by molar-refractivity contribution is -0.134. The summed E-state index contributed by atoms with van der Waals surface area (Å²) >= 11 is 0. The first-order chi connectivity index (χ1) is 8.23.